The van der Waals surface area contributed by atoms with Crippen molar-refractivity contribution in [2.24, 2.45) is 11.1 Å². The van der Waals surface area contributed by atoms with Crippen LogP contribution in [0.3, 0.4) is 0 Å². The van der Waals surface area contributed by atoms with Crippen LogP contribution >= 0.6 is 11.3 Å². The number of thiophene rings is 1. The van der Waals surface area contributed by atoms with Crippen LogP contribution in [0.4, 0.5) is 0 Å². The van der Waals surface area contributed by atoms with E-state index in [0.29, 0.717) is 5.41 Å². The number of nitrogens with two attached hydrogens (primary N) is 1. The lowest BCUT2D eigenvalue weighted by atomic mass is 9.74. The molecule has 3 N–H and O–H groups in total. The van der Waals surface area contributed by atoms with Crippen LogP contribution in [-0.2, 0) is 13.0 Å². The van der Waals surface area contributed by atoms with Gasteiger partial charge in [-0.2, -0.15) is 0 Å². The molecule has 0 amide bonds. The minimum absolute atomic E-state index is 0.378. The molecule has 0 aromatic carbocycles. The molecule has 3 heteroatoms. The second-order valence-electron chi connectivity index (χ2n) is 5.59. The average molecular weight is 266 g/mol. The lowest BCUT2D eigenvalue weighted by molar-refractivity contribution is 0.191. The fraction of sp³-hybridized carbons (Fsp3) is 0.733. The molecule has 0 saturated heterocycles. The van der Waals surface area contributed by atoms with E-state index in [1.165, 1.54) is 41.9 Å². The molecule has 0 spiro atoms. The van der Waals surface area contributed by atoms with Gasteiger partial charge in [0.15, 0.2) is 0 Å². The fourth-order valence-electron chi connectivity index (χ4n) is 2.91. The monoisotopic (exact) mass is 266 g/mol. The highest BCUT2D eigenvalue weighted by molar-refractivity contribution is 7.11. The smallest absolute Gasteiger partial charge is 0.0300 e. The summed E-state index contributed by atoms with van der Waals surface area (Å²) < 4.78 is 0. The molecule has 2 nitrogen and oxygen atoms in total. The van der Waals surface area contributed by atoms with E-state index in [9.17, 15) is 0 Å². The van der Waals surface area contributed by atoms with Gasteiger partial charge in [0.2, 0.25) is 0 Å². The third-order valence-corrected chi connectivity index (χ3v) is 5.44. The number of hydrogen-bond donors (Lipinski definition) is 2. The molecule has 1 aromatic rings. The molecule has 1 aromatic heterocycles. The Bertz CT molecular complexity index is 353. The maximum atomic E-state index is 6.01. The van der Waals surface area contributed by atoms with Crippen molar-refractivity contribution < 1.29 is 0 Å². The third kappa shape index (κ3) is 3.56. The molecule has 1 saturated carbocycles. The minimum atomic E-state index is 0.378. The maximum Gasteiger partial charge on any atom is 0.0300 e. The zero-order valence-electron chi connectivity index (χ0n) is 11.5. The molecule has 1 fully saturated rings. The van der Waals surface area contributed by atoms with Crippen LogP contribution in [0, 0.1) is 5.41 Å². The summed E-state index contributed by atoms with van der Waals surface area (Å²) in [5.41, 5.74) is 6.38. The second kappa shape index (κ2) is 6.69. The van der Waals surface area contributed by atoms with Gasteiger partial charge in [0, 0.05) is 22.8 Å². The van der Waals surface area contributed by atoms with Crippen LogP contribution in [0.1, 0.15) is 48.8 Å². The summed E-state index contributed by atoms with van der Waals surface area (Å²) in [5, 5.41) is 3.63. The largest absolute Gasteiger partial charge is 0.330 e. The number of nitrogens with one attached hydrogen (secondary N) is 1. The molecule has 0 atom stereocenters. The summed E-state index contributed by atoms with van der Waals surface area (Å²) in [6.45, 7) is 5.15. The van der Waals surface area contributed by atoms with Crippen molar-refractivity contribution in [2.75, 3.05) is 13.1 Å². The molecule has 1 heterocycles. The van der Waals surface area contributed by atoms with E-state index in [1.54, 1.807) is 0 Å². The normalized spacial score (nSPS) is 19.0. The van der Waals surface area contributed by atoms with Crippen molar-refractivity contribution >= 4 is 11.3 Å². The molecule has 0 bridgehead atoms. The molecule has 0 radical (unpaired) electrons. The first-order chi connectivity index (χ1) is 8.78. The molecule has 102 valence electrons. The number of rotatable bonds is 6. The van der Waals surface area contributed by atoms with E-state index < -0.39 is 0 Å². The number of hydrogen-bond acceptors (Lipinski definition) is 3. The summed E-state index contributed by atoms with van der Waals surface area (Å²) in [5.74, 6) is 0. The zero-order valence-corrected chi connectivity index (χ0v) is 12.3. The van der Waals surface area contributed by atoms with Gasteiger partial charge in [-0.1, -0.05) is 26.2 Å². The van der Waals surface area contributed by atoms with E-state index >= 15 is 0 Å². The van der Waals surface area contributed by atoms with E-state index in [0.717, 1.165) is 26.1 Å². The molecular weight excluding hydrogens is 240 g/mol. The Morgan fingerprint density at radius 3 is 2.56 bits per heavy atom. The van der Waals surface area contributed by atoms with Crippen LogP contribution in [0.15, 0.2) is 12.1 Å². The van der Waals surface area contributed by atoms with Crippen LogP contribution in [0.2, 0.25) is 0 Å². The minimum Gasteiger partial charge on any atom is -0.330 e. The molecule has 1 aliphatic carbocycles. The molecule has 18 heavy (non-hydrogen) atoms. The highest BCUT2D eigenvalue weighted by Gasteiger charge is 2.29. The summed E-state index contributed by atoms with van der Waals surface area (Å²) in [6, 6.07) is 4.51. The Balaban J connectivity index is 1.79. The molecule has 0 aliphatic heterocycles. The lowest BCUT2D eigenvalue weighted by Gasteiger charge is -2.36. The summed E-state index contributed by atoms with van der Waals surface area (Å²) in [4.78, 5) is 2.94. The fourth-order valence-corrected chi connectivity index (χ4v) is 3.84. The van der Waals surface area contributed by atoms with E-state index in [-0.39, 0.29) is 0 Å². The van der Waals surface area contributed by atoms with Crippen LogP contribution in [0.5, 0.6) is 0 Å². The Hall–Kier alpha value is -0.380. The van der Waals surface area contributed by atoms with E-state index in [1.807, 2.05) is 11.3 Å². The van der Waals surface area contributed by atoms with Crippen LogP contribution < -0.4 is 11.1 Å². The topological polar surface area (TPSA) is 38.0 Å². The van der Waals surface area contributed by atoms with E-state index in [4.69, 9.17) is 5.73 Å². The van der Waals surface area contributed by atoms with Crippen molar-refractivity contribution in [3.05, 3.63) is 21.9 Å². The van der Waals surface area contributed by atoms with Crippen molar-refractivity contribution in [2.45, 2.75) is 52.0 Å². The van der Waals surface area contributed by atoms with Crippen LogP contribution in [-0.4, -0.2) is 13.1 Å². The molecular formula is C15H26N2S. The quantitative estimate of drug-likeness (QED) is 0.829. The highest BCUT2D eigenvalue weighted by atomic mass is 32.1. The second-order valence-corrected chi connectivity index (χ2v) is 6.84. The molecule has 0 unspecified atom stereocenters. The first kappa shape index (κ1) is 14.0. The SMILES string of the molecule is CCc1ccc(CNCC2(CN)CCCCC2)s1. The van der Waals surface area contributed by atoms with Crippen molar-refractivity contribution in [3.8, 4) is 0 Å². The zero-order chi connectivity index (χ0) is 12.8. The Kier molecular flexibility index (Phi) is 5.22. The Labute approximate surface area is 115 Å². The van der Waals surface area contributed by atoms with Gasteiger partial charge in [0.1, 0.15) is 0 Å². The Morgan fingerprint density at radius 1 is 1.22 bits per heavy atom. The van der Waals surface area contributed by atoms with Crippen molar-refractivity contribution in [3.63, 3.8) is 0 Å². The molecule has 1 aliphatic rings. The first-order valence-corrected chi connectivity index (χ1v) is 8.08. The summed E-state index contributed by atoms with van der Waals surface area (Å²) in [6.07, 6.45) is 7.88. The van der Waals surface area contributed by atoms with Gasteiger partial charge in [-0.3, -0.25) is 0 Å². The van der Waals surface area contributed by atoms with Gasteiger partial charge in [0.05, 0.1) is 0 Å². The van der Waals surface area contributed by atoms with Crippen molar-refractivity contribution in [1.29, 1.82) is 0 Å². The predicted molar refractivity (Wildman–Crippen MR) is 80.0 cm³/mol. The van der Waals surface area contributed by atoms with Gasteiger partial charge < -0.3 is 11.1 Å². The molecule has 2 rings (SSSR count). The van der Waals surface area contributed by atoms with E-state index in [2.05, 4.69) is 24.4 Å². The predicted octanol–water partition coefficient (Wildman–Crippen LogP) is 3.31. The third-order valence-electron chi connectivity index (χ3n) is 4.21. The average Bonchev–Trinajstić information content (AvgIpc) is 2.88. The van der Waals surface area contributed by atoms with Gasteiger partial charge >= 0.3 is 0 Å². The highest BCUT2D eigenvalue weighted by Crippen LogP contribution is 2.34. The summed E-state index contributed by atoms with van der Waals surface area (Å²) in [7, 11) is 0. The summed E-state index contributed by atoms with van der Waals surface area (Å²) >= 11 is 1.93. The van der Waals surface area contributed by atoms with Crippen LogP contribution in [0.25, 0.3) is 0 Å². The van der Waals surface area contributed by atoms with Crippen molar-refractivity contribution in [1.82, 2.24) is 5.32 Å². The first-order valence-electron chi connectivity index (χ1n) is 7.26. The van der Waals surface area contributed by atoms with Gasteiger partial charge in [0.25, 0.3) is 0 Å². The van der Waals surface area contributed by atoms with Gasteiger partial charge in [-0.15, -0.1) is 11.3 Å². The van der Waals surface area contributed by atoms with Gasteiger partial charge in [-0.05, 0) is 43.4 Å². The number of aryl methyl sites for hydroxylation is 1. The lowest BCUT2D eigenvalue weighted by Crippen LogP contribution is -2.41. The Morgan fingerprint density at radius 2 is 1.94 bits per heavy atom. The van der Waals surface area contributed by atoms with Gasteiger partial charge in [-0.25, -0.2) is 0 Å². The standard InChI is InChI=1S/C15H26N2S/c1-2-13-6-7-14(18-13)10-17-12-15(11-16)8-4-3-5-9-15/h6-7,17H,2-5,8-12,16H2,1H3. The maximum absolute atomic E-state index is 6.01.